The van der Waals surface area contributed by atoms with Crippen LogP contribution in [0.1, 0.15) is 30.2 Å². The molecule has 1 atom stereocenters. The van der Waals surface area contributed by atoms with Gasteiger partial charge in [-0.25, -0.2) is 9.07 Å². The summed E-state index contributed by atoms with van der Waals surface area (Å²) in [5, 5.41) is 17.8. The molecule has 1 saturated carbocycles. The van der Waals surface area contributed by atoms with Gasteiger partial charge in [-0.3, -0.25) is 0 Å². The lowest BCUT2D eigenvalue weighted by Crippen LogP contribution is -2.02. The number of aliphatic hydroxyl groups excluding tert-OH is 1. The molecule has 0 unspecified atom stereocenters. The monoisotopic (exact) mass is 247 g/mol. The molecule has 1 N–H and O–H groups in total. The number of hydrogen-bond donors (Lipinski definition) is 1. The third-order valence-electron chi connectivity index (χ3n) is 3.22. The molecule has 2 aromatic rings. The maximum absolute atomic E-state index is 13.5. The molecule has 0 spiro atoms. The summed E-state index contributed by atoms with van der Waals surface area (Å²) in [6, 6.07) is 6.58. The van der Waals surface area contributed by atoms with Crippen molar-refractivity contribution in [1.82, 2.24) is 15.0 Å². The number of halogens is 1. The Kier molecular flexibility index (Phi) is 2.83. The largest absolute Gasteiger partial charge is 0.386 e. The van der Waals surface area contributed by atoms with E-state index in [2.05, 4.69) is 10.3 Å². The molecular weight excluding hydrogens is 233 g/mol. The number of aromatic nitrogens is 3. The molecular formula is C13H14FN3O. The fourth-order valence-corrected chi connectivity index (χ4v) is 1.98. The van der Waals surface area contributed by atoms with E-state index >= 15 is 0 Å². The molecule has 1 aromatic heterocycles. The predicted molar refractivity (Wildman–Crippen MR) is 63.2 cm³/mol. The van der Waals surface area contributed by atoms with Crippen LogP contribution < -0.4 is 0 Å². The molecule has 18 heavy (non-hydrogen) atoms. The summed E-state index contributed by atoms with van der Waals surface area (Å²) in [7, 11) is 0. The zero-order valence-corrected chi connectivity index (χ0v) is 9.83. The maximum atomic E-state index is 13.5. The third kappa shape index (κ3) is 2.26. The molecule has 94 valence electrons. The van der Waals surface area contributed by atoms with Gasteiger partial charge in [0, 0.05) is 5.56 Å². The van der Waals surface area contributed by atoms with Crippen LogP contribution in [0.4, 0.5) is 4.39 Å². The Hall–Kier alpha value is -1.75. The van der Waals surface area contributed by atoms with Crippen LogP contribution in [-0.2, 0) is 6.54 Å². The minimum Gasteiger partial charge on any atom is -0.386 e. The van der Waals surface area contributed by atoms with Crippen LogP contribution in [0.5, 0.6) is 0 Å². The molecule has 1 aromatic carbocycles. The SMILES string of the molecule is O[C@@H](c1cn(Cc2ccccc2F)nn1)C1CC1. The van der Waals surface area contributed by atoms with Gasteiger partial charge in [-0.05, 0) is 24.8 Å². The van der Waals surface area contributed by atoms with E-state index < -0.39 is 6.10 Å². The van der Waals surface area contributed by atoms with Crippen molar-refractivity contribution >= 4 is 0 Å². The first-order valence-corrected chi connectivity index (χ1v) is 6.05. The highest BCUT2D eigenvalue weighted by molar-refractivity contribution is 5.17. The Morgan fingerprint density at radius 2 is 2.17 bits per heavy atom. The van der Waals surface area contributed by atoms with Gasteiger partial charge in [-0.2, -0.15) is 0 Å². The predicted octanol–water partition coefficient (Wildman–Crippen LogP) is 1.91. The summed E-state index contributed by atoms with van der Waals surface area (Å²) in [6.07, 6.45) is 3.25. The van der Waals surface area contributed by atoms with Gasteiger partial charge in [0.1, 0.15) is 17.6 Å². The van der Waals surface area contributed by atoms with E-state index in [0.717, 1.165) is 12.8 Å². The quantitative estimate of drug-likeness (QED) is 0.897. The van der Waals surface area contributed by atoms with Gasteiger partial charge in [0.05, 0.1) is 12.7 Å². The van der Waals surface area contributed by atoms with E-state index in [1.165, 1.54) is 6.07 Å². The minimum absolute atomic E-state index is 0.253. The van der Waals surface area contributed by atoms with Crippen molar-refractivity contribution in [2.75, 3.05) is 0 Å². The van der Waals surface area contributed by atoms with Crippen LogP contribution in [-0.4, -0.2) is 20.1 Å². The van der Waals surface area contributed by atoms with Crippen LogP contribution in [0.25, 0.3) is 0 Å². The van der Waals surface area contributed by atoms with Gasteiger partial charge in [-0.15, -0.1) is 5.10 Å². The summed E-state index contributed by atoms with van der Waals surface area (Å²) in [6.45, 7) is 0.330. The van der Waals surface area contributed by atoms with Crippen LogP contribution in [0.2, 0.25) is 0 Å². The van der Waals surface area contributed by atoms with Crippen molar-refractivity contribution in [2.24, 2.45) is 5.92 Å². The number of nitrogens with zero attached hydrogens (tertiary/aromatic N) is 3. The molecule has 1 aliphatic rings. The Morgan fingerprint density at radius 1 is 1.39 bits per heavy atom. The summed E-state index contributed by atoms with van der Waals surface area (Å²) in [5.74, 6) is 0.0703. The average molecular weight is 247 g/mol. The summed E-state index contributed by atoms with van der Waals surface area (Å²) in [4.78, 5) is 0. The van der Waals surface area contributed by atoms with Crippen LogP contribution in [0.15, 0.2) is 30.5 Å². The first-order valence-electron chi connectivity index (χ1n) is 6.05. The van der Waals surface area contributed by atoms with Crippen molar-refractivity contribution in [3.63, 3.8) is 0 Å². The van der Waals surface area contributed by atoms with Crippen molar-refractivity contribution in [2.45, 2.75) is 25.5 Å². The van der Waals surface area contributed by atoms with Crippen molar-refractivity contribution in [1.29, 1.82) is 0 Å². The fourth-order valence-electron chi connectivity index (χ4n) is 1.98. The Bertz CT molecular complexity index is 551. The second-order valence-electron chi connectivity index (χ2n) is 4.71. The van der Waals surface area contributed by atoms with E-state index in [1.54, 1.807) is 29.1 Å². The van der Waals surface area contributed by atoms with Gasteiger partial charge in [0.2, 0.25) is 0 Å². The lowest BCUT2D eigenvalue weighted by Gasteiger charge is -2.03. The van der Waals surface area contributed by atoms with Gasteiger partial charge in [0.25, 0.3) is 0 Å². The van der Waals surface area contributed by atoms with Crippen molar-refractivity contribution < 1.29 is 9.50 Å². The first-order chi connectivity index (χ1) is 8.74. The van der Waals surface area contributed by atoms with E-state index in [1.807, 2.05) is 0 Å². The lowest BCUT2D eigenvalue weighted by atomic mass is 10.2. The van der Waals surface area contributed by atoms with E-state index in [-0.39, 0.29) is 5.82 Å². The molecule has 0 bridgehead atoms. The molecule has 5 heteroatoms. The van der Waals surface area contributed by atoms with Crippen molar-refractivity contribution in [3.8, 4) is 0 Å². The minimum atomic E-state index is -0.528. The van der Waals surface area contributed by atoms with Gasteiger partial charge >= 0.3 is 0 Å². The third-order valence-corrected chi connectivity index (χ3v) is 3.22. The molecule has 0 radical (unpaired) electrons. The van der Waals surface area contributed by atoms with Crippen molar-refractivity contribution in [3.05, 3.63) is 47.5 Å². The molecule has 3 rings (SSSR count). The molecule has 1 aliphatic carbocycles. The summed E-state index contributed by atoms with van der Waals surface area (Å²) >= 11 is 0. The zero-order valence-electron chi connectivity index (χ0n) is 9.83. The number of rotatable bonds is 4. The maximum Gasteiger partial charge on any atom is 0.128 e. The highest BCUT2D eigenvalue weighted by atomic mass is 19.1. The topological polar surface area (TPSA) is 50.9 Å². The van der Waals surface area contributed by atoms with Gasteiger partial charge in [-0.1, -0.05) is 23.4 Å². The number of aliphatic hydroxyl groups is 1. The van der Waals surface area contributed by atoms with Gasteiger partial charge < -0.3 is 5.11 Å². The smallest absolute Gasteiger partial charge is 0.128 e. The normalized spacial score (nSPS) is 16.8. The van der Waals surface area contributed by atoms with E-state index in [4.69, 9.17) is 0 Å². The van der Waals surface area contributed by atoms with E-state index in [0.29, 0.717) is 23.7 Å². The molecule has 1 fully saturated rings. The molecule has 0 amide bonds. The second-order valence-corrected chi connectivity index (χ2v) is 4.71. The summed E-state index contributed by atoms with van der Waals surface area (Å²) < 4.78 is 15.0. The zero-order chi connectivity index (χ0) is 12.5. The van der Waals surface area contributed by atoms with Crippen LogP contribution in [0, 0.1) is 11.7 Å². The first kappa shape index (κ1) is 11.3. The number of hydrogen-bond acceptors (Lipinski definition) is 3. The standard InChI is InChI=1S/C13H14FN3O/c14-11-4-2-1-3-10(11)7-17-8-12(15-16-17)13(18)9-5-6-9/h1-4,8-9,13,18H,5-7H2/t13-/m1/s1. The lowest BCUT2D eigenvalue weighted by molar-refractivity contribution is 0.149. The molecule has 4 nitrogen and oxygen atoms in total. The second kappa shape index (κ2) is 4.49. The van der Waals surface area contributed by atoms with Crippen LogP contribution >= 0.6 is 0 Å². The Balaban J connectivity index is 1.75. The Labute approximate surface area is 104 Å². The highest BCUT2D eigenvalue weighted by Crippen LogP contribution is 2.40. The fraction of sp³-hybridized carbons (Fsp3) is 0.385. The Morgan fingerprint density at radius 3 is 2.89 bits per heavy atom. The van der Waals surface area contributed by atoms with Crippen LogP contribution in [0.3, 0.4) is 0 Å². The number of benzene rings is 1. The molecule has 1 heterocycles. The average Bonchev–Trinajstić information content (AvgIpc) is 3.12. The molecule has 0 aliphatic heterocycles. The molecule has 0 saturated heterocycles. The van der Waals surface area contributed by atoms with Gasteiger partial charge in [0.15, 0.2) is 0 Å². The highest BCUT2D eigenvalue weighted by Gasteiger charge is 2.32. The summed E-state index contributed by atoms with van der Waals surface area (Å²) in [5.41, 5.74) is 1.14. The van der Waals surface area contributed by atoms with E-state index in [9.17, 15) is 9.50 Å².